The Balaban J connectivity index is 1.61. The molecule has 2 saturated carbocycles. The van der Waals surface area contributed by atoms with Gasteiger partial charge in [-0.25, -0.2) is 0 Å². The first-order chi connectivity index (χ1) is 15.6. The zero-order valence-electron chi connectivity index (χ0n) is 21.6. The molecule has 3 rings (SSSR count). The summed E-state index contributed by atoms with van der Waals surface area (Å²) in [5.74, 6) is 0.425. The van der Waals surface area contributed by atoms with E-state index in [9.17, 15) is 9.59 Å². The number of carbonyl (C=O) groups excluding carboxylic acids is 2. The van der Waals surface area contributed by atoms with Gasteiger partial charge in [0.2, 0.25) is 11.8 Å². The number of carbonyl (C=O) groups is 2. The number of amides is 2. The molecule has 1 heterocycles. The van der Waals surface area contributed by atoms with Gasteiger partial charge in [-0.2, -0.15) is 0 Å². The lowest BCUT2D eigenvalue weighted by Crippen LogP contribution is -2.56. The number of rotatable bonds is 7. The van der Waals surface area contributed by atoms with E-state index in [1.807, 2.05) is 6.92 Å². The van der Waals surface area contributed by atoms with Gasteiger partial charge in [-0.05, 0) is 84.3 Å². The number of hydrogen-bond donors (Lipinski definition) is 2. The van der Waals surface area contributed by atoms with Gasteiger partial charge in [0.25, 0.3) is 0 Å². The fourth-order valence-electron chi connectivity index (χ4n) is 6.81. The first-order valence-corrected chi connectivity index (χ1v) is 13.7. The van der Waals surface area contributed by atoms with Gasteiger partial charge < -0.3 is 15.5 Å². The third-order valence-corrected chi connectivity index (χ3v) is 9.23. The highest BCUT2D eigenvalue weighted by molar-refractivity contribution is 6.20. The van der Waals surface area contributed by atoms with Crippen LogP contribution in [0.2, 0.25) is 0 Å². The molecule has 6 nitrogen and oxygen atoms in total. The van der Waals surface area contributed by atoms with E-state index < -0.39 is 0 Å². The van der Waals surface area contributed by atoms with E-state index in [1.165, 1.54) is 25.7 Å². The summed E-state index contributed by atoms with van der Waals surface area (Å²) in [5.41, 5.74) is 0. The van der Waals surface area contributed by atoms with Crippen LogP contribution in [-0.4, -0.2) is 78.3 Å². The molecule has 2 N–H and O–H groups in total. The van der Waals surface area contributed by atoms with Gasteiger partial charge in [-0.3, -0.25) is 14.5 Å². The summed E-state index contributed by atoms with van der Waals surface area (Å²) in [7, 11) is 4.37. The zero-order chi connectivity index (χ0) is 24.3. The maximum absolute atomic E-state index is 13.3. The van der Waals surface area contributed by atoms with Crippen LogP contribution in [0.5, 0.6) is 0 Å². The number of nitrogens with one attached hydrogen (secondary N) is 2. The summed E-state index contributed by atoms with van der Waals surface area (Å²) in [6.07, 6.45) is 7.55. The van der Waals surface area contributed by atoms with Crippen LogP contribution in [0.4, 0.5) is 0 Å². The van der Waals surface area contributed by atoms with Crippen molar-refractivity contribution < 1.29 is 9.59 Å². The van der Waals surface area contributed by atoms with Crippen LogP contribution in [0.3, 0.4) is 0 Å². The fourth-order valence-corrected chi connectivity index (χ4v) is 7.18. The first kappa shape index (κ1) is 26.7. The summed E-state index contributed by atoms with van der Waals surface area (Å²) in [5, 5.41) is 6.20. The Hall–Kier alpha value is -0.850. The van der Waals surface area contributed by atoms with Crippen LogP contribution >= 0.6 is 11.6 Å². The Labute approximate surface area is 206 Å². The van der Waals surface area contributed by atoms with Gasteiger partial charge in [0.15, 0.2) is 0 Å². The third-order valence-electron chi connectivity index (χ3n) is 8.88. The molecule has 2 aliphatic carbocycles. The monoisotopic (exact) mass is 482 g/mol. The van der Waals surface area contributed by atoms with Crippen molar-refractivity contribution in [2.75, 3.05) is 27.2 Å². The Morgan fingerprint density at radius 2 is 1.70 bits per heavy atom. The lowest BCUT2D eigenvalue weighted by atomic mass is 9.74. The Morgan fingerprint density at radius 1 is 1.06 bits per heavy atom. The third kappa shape index (κ3) is 6.43. The molecule has 0 bridgehead atoms. The summed E-state index contributed by atoms with van der Waals surface area (Å²) in [6, 6.07) is 1.81. The molecule has 7 unspecified atom stereocenters. The minimum atomic E-state index is -0.148. The second-order valence-electron chi connectivity index (χ2n) is 11.3. The van der Waals surface area contributed by atoms with Crippen molar-refractivity contribution in [2.24, 2.45) is 23.7 Å². The molecule has 7 heteroatoms. The molecule has 3 fully saturated rings. The molecule has 1 aliphatic heterocycles. The lowest BCUT2D eigenvalue weighted by Gasteiger charge is -2.48. The summed E-state index contributed by atoms with van der Waals surface area (Å²) < 4.78 is 0. The number of hydrogen-bond acceptors (Lipinski definition) is 4. The number of alkyl halides is 1. The predicted molar refractivity (Wildman–Crippen MR) is 135 cm³/mol. The summed E-state index contributed by atoms with van der Waals surface area (Å²) in [6.45, 7) is 10.1. The van der Waals surface area contributed by atoms with Crippen molar-refractivity contribution in [3.05, 3.63) is 0 Å². The molecule has 33 heavy (non-hydrogen) atoms. The van der Waals surface area contributed by atoms with Gasteiger partial charge in [-0.1, -0.05) is 20.8 Å². The van der Waals surface area contributed by atoms with E-state index in [4.69, 9.17) is 11.6 Å². The average molecular weight is 483 g/mol. The van der Waals surface area contributed by atoms with E-state index >= 15 is 0 Å². The minimum Gasteiger partial charge on any atom is -0.355 e. The van der Waals surface area contributed by atoms with Crippen LogP contribution in [-0.2, 0) is 9.59 Å². The molecule has 0 aromatic carbocycles. The topological polar surface area (TPSA) is 64.7 Å². The van der Waals surface area contributed by atoms with Crippen LogP contribution in [0.1, 0.15) is 72.6 Å². The van der Waals surface area contributed by atoms with E-state index in [-0.39, 0.29) is 46.9 Å². The van der Waals surface area contributed by atoms with Crippen molar-refractivity contribution in [3.63, 3.8) is 0 Å². The van der Waals surface area contributed by atoms with Crippen molar-refractivity contribution in [2.45, 2.75) is 102 Å². The molecule has 2 amide bonds. The largest absolute Gasteiger partial charge is 0.355 e. The van der Waals surface area contributed by atoms with E-state index in [1.54, 1.807) is 0 Å². The van der Waals surface area contributed by atoms with E-state index in [0.717, 1.165) is 25.8 Å². The van der Waals surface area contributed by atoms with Gasteiger partial charge in [0, 0.05) is 42.0 Å². The van der Waals surface area contributed by atoms with Crippen molar-refractivity contribution in [1.29, 1.82) is 0 Å². The summed E-state index contributed by atoms with van der Waals surface area (Å²) in [4.78, 5) is 30.8. The highest BCUT2D eigenvalue weighted by atomic mass is 35.5. The van der Waals surface area contributed by atoms with Gasteiger partial charge >= 0.3 is 0 Å². The first-order valence-electron chi connectivity index (χ1n) is 13.3. The quantitative estimate of drug-likeness (QED) is 0.545. The summed E-state index contributed by atoms with van der Waals surface area (Å²) >= 11 is 6.75. The SMILES string of the molecule is CCN(C1CC(Cl)CC(C(=O)NCC2C(=O)NC(C)CC2C)C1C)[C@H]1CC[C@H](N(C)C)CC1. The number of halogens is 1. The average Bonchev–Trinajstić information content (AvgIpc) is 2.75. The highest BCUT2D eigenvalue weighted by Gasteiger charge is 2.43. The van der Waals surface area contributed by atoms with E-state index in [2.05, 4.69) is 55.3 Å². The number of piperidine rings is 1. The van der Waals surface area contributed by atoms with Crippen LogP contribution < -0.4 is 10.6 Å². The van der Waals surface area contributed by atoms with Crippen LogP contribution in [0, 0.1) is 23.7 Å². The van der Waals surface area contributed by atoms with Crippen LogP contribution in [0.15, 0.2) is 0 Å². The van der Waals surface area contributed by atoms with Crippen molar-refractivity contribution in [3.8, 4) is 0 Å². The molecule has 1 saturated heterocycles. The second kappa shape index (κ2) is 11.7. The smallest absolute Gasteiger partial charge is 0.225 e. The maximum Gasteiger partial charge on any atom is 0.225 e. The zero-order valence-corrected chi connectivity index (χ0v) is 22.4. The maximum atomic E-state index is 13.3. The standard InChI is InChI=1S/C26H47ClN4O2/c1-7-31(21-10-8-20(9-11-21)30(5)6)24-14-19(27)13-22(18(24)4)25(32)28-15-23-16(2)12-17(3)29-26(23)33/h16-24H,7-15H2,1-6H3,(H,28,32)(H,29,33)/t16?,17?,18?,19?,20-,21-,22?,23?,24?. The molecule has 0 aromatic heterocycles. The molecule has 0 radical (unpaired) electrons. The molecular formula is C26H47ClN4O2. The number of nitrogens with zero attached hydrogens (tertiary/aromatic N) is 2. The van der Waals surface area contributed by atoms with Gasteiger partial charge in [0.05, 0.1) is 5.92 Å². The molecule has 190 valence electrons. The minimum absolute atomic E-state index is 0.0202. The van der Waals surface area contributed by atoms with E-state index in [0.29, 0.717) is 24.7 Å². The second-order valence-corrected chi connectivity index (χ2v) is 11.9. The highest BCUT2D eigenvalue weighted by Crippen LogP contribution is 2.39. The normalized spacial score (nSPS) is 40.0. The Kier molecular flexibility index (Phi) is 9.50. The molecule has 0 spiro atoms. The van der Waals surface area contributed by atoms with Crippen LogP contribution in [0.25, 0.3) is 0 Å². The van der Waals surface area contributed by atoms with Gasteiger partial charge in [-0.15, -0.1) is 11.6 Å². The van der Waals surface area contributed by atoms with Crippen molar-refractivity contribution >= 4 is 23.4 Å². The molecular weight excluding hydrogens is 436 g/mol. The fraction of sp³-hybridized carbons (Fsp3) is 0.923. The lowest BCUT2D eigenvalue weighted by molar-refractivity contribution is -0.132. The molecule has 3 aliphatic rings. The predicted octanol–water partition coefficient (Wildman–Crippen LogP) is 3.48. The molecule has 0 aromatic rings. The van der Waals surface area contributed by atoms with Crippen molar-refractivity contribution in [1.82, 2.24) is 20.4 Å². The van der Waals surface area contributed by atoms with Gasteiger partial charge in [0.1, 0.15) is 0 Å². The Bertz CT molecular complexity index is 667. The Morgan fingerprint density at radius 3 is 2.27 bits per heavy atom. The molecule has 7 atom stereocenters.